The normalized spacial score (nSPS) is 13.1. The van der Waals surface area contributed by atoms with Crippen molar-refractivity contribution in [3.8, 4) is 5.75 Å². The molecule has 0 bridgehead atoms. The quantitative estimate of drug-likeness (QED) is 0.831. The fourth-order valence-corrected chi connectivity index (χ4v) is 2.07. The number of halogens is 1. The van der Waals surface area contributed by atoms with Gasteiger partial charge in [-0.05, 0) is 30.7 Å². The molecule has 1 amide bonds. The SMILES string of the molecule is Cc1cc(S(=O)(=O)Cl)ccc1OCC(C)C(N)=O. The number of carbonyl (C=O) groups is 1. The summed E-state index contributed by atoms with van der Waals surface area (Å²) in [5, 5.41) is 0. The molecule has 0 aliphatic rings. The van der Waals surface area contributed by atoms with Crippen LogP contribution in [0, 0.1) is 12.8 Å². The molecule has 2 N–H and O–H groups in total. The standard InChI is InChI=1S/C11H14ClNO4S/c1-7-5-9(18(12,15)16)3-4-10(7)17-6-8(2)11(13)14/h3-5,8H,6H2,1-2H3,(H2,13,14). The summed E-state index contributed by atoms with van der Waals surface area (Å²) in [4.78, 5) is 10.8. The highest BCUT2D eigenvalue weighted by Crippen LogP contribution is 2.24. The van der Waals surface area contributed by atoms with Crippen molar-refractivity contribution in [1.82, 2.24) is 0 Å². The van der Waals surface area contributed by atoms with Crippen LogP contribution in [0.15, 0.2) is 23.1 Å². The molecule has 7 heteroatoms. The van der Waals surface area contributed by atoms with E-state index in [9.17, 15) is 13.2 Å². The zero-order chi connectivity index (χ0) is 13.9. The van der Waals surface area contributed by atoms with E-state index in [-0.39, 0.29) is 11.5 Å². The monoisotopic (exact) mass is 291 g/mol. The second kappa shape index (κ2) is 5.58. The van der Waals surface area contributed by atoms with E-state index < -0.39 is 20.9 Å². The summed E-state index contributed by atoms with van der Waals surface area (Å²) in [5.41, 5.74) is 5.72. The van der Waals surface area contributed by atoms with Crippen molar-refractivity contribution in [2.75, 3.05) is 6.61 Å². The average molecular weight is 292 g/mol. The summed E-state index contributed by atoms with van der Waals surface area (Å²) in [6.07, 6.45) is 0. The Labute approximate surface area is 110 Å². The fourth-order valence-electron chi connectivity index (χ4n) is 1.23. The molecule has 0 aromatic heterocycles. The van der Waals surface area contributed by atoms with Gasteiger partial charge in [0, 0.05) is 10.7 Å². The predicted molar refractivity (Wildman–Crippen MR) is 68.1 cm³/mol. The molecule has 0 saturated heterocycles. The fraction of sp³-hybridized carbons (Fsp3) is 0.364. The van der Waals surface area contributed by atoms with Gasteiger partial charge in [0.25, 0.3) is 9.05 Å². The molecule has 0 saturated carbocycles. The third-order valence-corrected chi connectivity index (χ3v) is 3.75. The second-order valence-corrected chi connectivity index (χ2v) is 6.55. The third-order valence-electron chi connectivity index (χ3n) is 2.40. The molecule has 100 valence electrons. The number of benzene rings is 1. The van der Waals surface area contributed by atoms with Gasteiger partial charge < -0.3 is 10.5 Å². The van der Waals surface area contributed by atoms with Gasteiger partial charge in [0.2, 0.25) is 5.91 Å². The molecule has 0 radical (unpaired) electrons. The van der Waals surface area contributed by atoms with Crippen LogP contribution in [0.4, 0.5) is 0 Å². The van der Waals surface area contributed by atoms with E-state index in [4.69, 9.17) is 21.2 Å². The number of ether oxygens (including phenoxy) is 1. The number of amides is 1. The van der Waals surface area contributed by atoms with E-state index in [1.807, 2.05) is 0 Å². The number of aryl methyl sites for hydroxylation is 1. The third kappa shape index (κ3) is 3.89. The van der Waals surface area contributed by atoms with Crippen LogP contribution in [0.3, 0.4) is 0 Å². The molecule has 1 aromatic rings. The van der Waals surface area contributed by atoms with Crippen LogP contribution in [0.2, 0.25) is 0 Å². The maximum Gasteiger partial charge on any atom is 0.261 e. The van der Waals surface area contributed by atoms with Crippen LogP contribution in [-0.2, 0) is 13.8 Å². The van der Waals surface area contributed by atoms with Crippen molar-refractivity contribution in [2.45, 2.75) is 18.7 Å². The van der Waals surface area contributed by atoms with Crippen molar-refractivity contribution < 1.29 is 17.9 Å². The number of hydrogen-bond acceptors (Lipinski definition) is 4. The largest absolute Gasteiger partial charge is 0.493 e. The van der Waals surface area contributed by atoms with Crippen LogP contribution in [0.5, 0.6) is 5.75 Å². The Balaban J connectivity index is 2.84. The Morgan fingerprint density at radius 2 is 2.11 bits per heavy atom. The molecule has 0 heterocycles. The lowest BCUT2D eigenvalue weighted by Crippen LogP contribution is -2.25. The Bertz CT molecular complexity index is 556. The molecule has 1 unspecified atom stereocenters. The number of carbonyl (C=O) groups excluding carboxylic acids is 1. The van der Waals surface area contributed by atoms with Crippen molar-refractivity contribution in [2.24, 2.45) is 11.7 Å². The Morgan fingerprint density at radius 1 is 1.50 bits per heavy atom. The predicted octanol–water partition coefficient (Wildman–Crippen LogP) is 1.42. The Kier molecular flexibility index (Phi) is 4.59. The van der Waals surface area contributed by atoms with Gasteiger partial charge in [0.15, 0.2) is 0 Å². The van der Waals surface area contributed by atoms with E-state index in [1.165, 1.54) is 18.2 Å². The first-order chi connectivity index (χ1) is 8.21. The van der Waals surface area contributed by atoms with Crippen molar-refractivity contribution in [3.63, 3.8) is 0 Å². The number of rotatable bonds is 5. The average Bonchev–Trinajstić information content (AvgIpc) is 2.25. The Morgan fingerprint density at radius 3 is 2.56 bits per heavy atom. The van der Waals surface area contributed by atoms with Crippen LogP contribution in [0.25, 0.3) is 0 Å². The van der Waals surface area contributed by atoms with E-state index in [2.05, 4.69) is 0 Å². The molecule has 5 nitrogen and oxygen atoms in total. The highest BCUT2D eigenvalue weighted by molar-refractivity contribution is 8.13. The highest BCUT2D eigenvalue weighted by Gasteiger charge is 2.13. The van der Waals surface area contributed by atoms with Gasteiger partial charge in [-0.15, -0.1) is 0 Å². The summed E-state index contributed by atoms with van der Waals surface area (Å²) in [6, 6.07) is 4.25. The van der Waals surface area contributed by atoms with E-state index in [0.29, 0.717) is 11.3 Å². The zero-order valence-electron chi connectivity index (χ0n) is 10.0. The molecular formula is C11H14ClNO4S. The molecule has 1 rings (SSSR count). The van der Waals surface area contributed by atoms with Crippen molar-refractivity contribution in [3.05, 3.63) is 23.8 Å². The maximum absolute atomic E-state index is 11.1. The number of nitrogens with two attached hydrogens (primary N) is 1. The van der Waals surface area contributed by atoms with Crippen molar-refractivity contribution in [1.29, 1.82) is 0 Å². The van der Waals surface area contributed by atoms with E-state index in [0.717, 1.165) is 0 Å². The topological polar surface area (TPSA) is 86.5 Å². The van der Waals surface area contributed by atoms with Crippen LogP contribution in [-0.4, -0.2) is 20.9 Å². The van der Waals surface area contributed by atoms with Crippen LogP contribution < -0.4 is 10.5 Å². The molecule has 1 aromatic carbocycles. The van der Waals surface area contributed by atoms with Gasteiger partial charge in [-0.25, -0.2) is 8.42 Å². The summed E-state index contributed by atoms with van der Waals surface area (Å²) >= 11 is 0. The first-order valence-corrected chi connectivity index (χ1v) is 7.50. The van der Waals surface area contributed by atoms with Gasteiger partial charge in [-0.2, -0.15) is 0 Å². The van der Waals surface area contributed by atoms with Gasteiger partial charge in [0.1, 0.15) is 5.75 Å². The highest BCUT2D eigenvalue weighted by atomic mass is 35.7. The molecule has 1 atom stereocenters. The van der Waals surface area contributed by atoms with Gasteiger partial charge in [0.05, 0.1) is 17.4 Å². The maximum atomic E-state index is 11.1. The number of primary amides is 1. The summed E-state index contributed by atoms with van der Waals surface area (Å²) < 4.78 is 27.6. The zero-order valence-corrected chi connectivity index (χ0v) is 11.6. The molecule has 18 heavy (non-hydrogen) atoms. The van der Waals surface area contributed by atoms with Crippen LogP contribution in [0.1, 0.15) is 12.5 Å². The first-order valence-electron chi connectivity index (χ1n) is 5.19. The van der Waals surface area contributed by atoms with Gasteiger partial charge in [-0.1, -0.05) is 6.92 Å². The number of hydrogen-bond donors (Lipinski definition) is 1. The molecule has 0 fully saturated rings. The molecule has 0 aliphatic carbocycles. The molecule has 0 aliphatic heterocycles. The minimum atomic E-state index is -3.74. The lowest BCUT2D eigenvalue weighted by atomic mass is 10.2. The smallest absolute Gasteiger partial charge is 0.261 e. The van der Waals surface area contributed by atoms with Gasteiger partial charge in [-0.3, -0.25) is 4.79 Å². The minimum absolute atomic E-state index is 0.0111. The summed E-state index contributed by atoms with van der Waals surface area (Å²) in [7, 11) is 1.48. The second-order valence-electron chi connectivity index (χ2n) is 3.98. The lowest BCUT2D eigenvalue weighted by Gasteiger charge is -2.12. The van der Waals surface area contributed by atoms with Gasteiger partial charge >= 0.3 is 0 Å². The first kappa shape index (κ1) is 14.8. The van der Waals surface area contributed by atoms with E-state index >= 15 is 0 Å². The summed E-state index contributed by atoms with van der Waals surface area (Å²) in [5.74, 6) is -0.374. The lowest BCUT2D eigenvalue weighted by molar-refractivity contribution is -0.122. The Hall–Kier alpha value is -1.27. The molecule has 0 spiro atoms. The minimum Gasteiger partial charge on any atom is -0.493 e. The summed E-state index contributed by atoms with van der Waals surface area (Å²) in [6.45, 7) is 3.48. The molecular weight excluding hydrogens is 278 g/mol. The van der Waals surface area contributed by atoms with E-state index in [1.54, 1.807) is 13.8 Å². The van der Waals surface area contributed by atoms with Crippen molar-refractivity contribution >= 4 is 25.6 Å². The van der Waals surface area contributed by atoms with Crippen LogP contribution >= 0.6 is 10.7 Å².